The minimum atomic E-state index is -0.686. The number of nitrogens with one attached hydrogen (secondary N) is 1. The van der Waals surface area contributed by atoms with Crippen LogP contribution < -0.4 is 5.32 Å². The second kappa shape index (κ2) is 2.38. The van der Waals surface area contributed by atoms with Crippen LogP contribution in [-0.2, 0) is 10.2 Å². The van der Waals surface area contributed by atoms with E-state index >= 15 is 0 Å². The summed E-state index contributed by atoms with van der Waals surface area (Å²) >= 11 is 0. The molecule has 3 rings (SSSR count). The lowest BCUT2D eigenvalue weighted by Crippen LogP contribution is -2.20. The van der Waals surface area contributed by atoms with Gasteiger partial charge in [0.1, 0.15) is 11.6 Å². The summed E-state index contributed by atoms with van der Waals surface area (Å²) in [6.45, 7) is 1.91. The SMILES string of the molecule is CC1CC12C(=O)Nc1c(F)cc(F)cc12. The summed E-state index contributed by atoms with van der Waals surface area (Å²) in [4.78, 5) is 11.7. The zero-order valence-electron chi connectivity index (χ0n) is 8.10. The molecule has 1 saturated carbocycles. The number of carbonyl (C=O) groups is 1. The van der Waals surface area contributed by atoms with E-state index in [1.807, 2.05) is 6.92 Å². The Morgan fingerprint density at radius 3 is 2.73 bits per heavy atom. The summed E-state index contributed by atoms with van der Waals surface area (Å²) in [7, 11) is 0. The van der Waals surface area contributed by atoms with E-state index in [4.69, 9.17) is 0 Å². The van der Waals surface area contributed by atoms with Gasteiger partial charge in [0.25, 0.3) is 0 Å². The number of benzene rings is 1. The molecule has 1 N–H and O–H groups in total. The van der Waals surface area contributed by atoms with Crippen molar-refractivity contribution in [1.82, 2.24) is 0 Å². The molecule has 1 amide bonds. The summed E-state index contributed by atoms with van der Waals surface area (Å²) in [5.41, 5.74) is -0.0126. The highest BCUT2D eigenvalue weighted by atomic mass is 19.1. The lowest BCUT2D eigenvalue weighted by atomic mass is 9.95. The molecule has 1 heterocycles. The van der Waals surface area contributed by atoms with E-state index in [1.165, 1.54) is 6.07 Å². The average Bonchev–Trinajstić information content (AvgIpc) is 2.74. The van der Waals surface area contributed by atoms with E-state index in [-0.39, 0.29) is 17.5 Å². The Bertz CT molecular complexity index is 486. The predicted octanol–water partition coefficient (Wildman–Crippen LogP) is 2.19. The lowest BCUT2D eigenvalue weighted by molar-refractivity contribution is -0.118. The van der Waals surface area contributed by atoms with Gasteiger partial charge in [-0.2, -0.15) is 0 Å². The van der Waals surface area contributed by atoms with Crippen molar-refractivity contribution >= 4 is 11.6 Å². The molecule has 1 aliphatic heterocycles. The van der Waals surface area contributed by atoms with Gasteiger partial charge in [0.15, 0.2) is 0 Å². The van der Waals surface area contributed by atoms with Crippen molar-refractivity contribution in [1.29, 1.82) is 0 Å². The highest BCUT2D eigenvalue weighted by molar-refractivity contribution is 6.08. The normalized spacial score (nSPS) is 31.7. The van der Waals surface area contributed by atoms with Crippen LogP contribution in [0, 0.1) is 17.6 Å². The molecular formula is C11H9F2NO. The molecule has 15 heavy (non-hydrogen) atoms. The standard InChI is InChI=1S/C11H9F2NO/c1-5-4-11(5)7-2-6(12)3-8(13)9(7)14-10(11)15/h2-3,5H,4H2,1H3,(H,14,15). The van der Waals surface area contributed by atoms with Crippen molar-refractivity contribution in [3.63, 3.8) is 0 Å². The second-order valence-corrected chi connectivity index (χ2v) is 4.34. The van der Waals surface area contributed by atoms with Gasteiger partial charge in [-0.15, -0.1) is 0 Å². The number of halogens is 2. The molecule has 2 unspecified atom stereocenters. The maximum absolute atomic E-state index is 13.4. The number of fused-ring (bicyclic) bond motifs is 2. The first-order valence-electron chi connectivity index (χ1n) is 4.86. The summed E-state index contributed by atoms with van der Waals surface area (Å²) in [5.74, 6) is -1.34. The third-order valence-electron chi connectivity index (χ3n) is 3.49. The molecular weight excluding hydrogens is 200 g/mol. The van der Waals surface area contributed by atoms with Crippen molar-refractivity contribution in [2.45, 2.75) is 18.8 Å². The van der Waals surface area contributed by atoms with Crippen LogP contribution in [0.1, 0.15) is 18.9 Å². The van der Waals surface area contributed by atoms with Gasteiger partial charge in [0.05, 0.1) is 11.1 Å². The Labute approximate surface area is 85.3 Å². The lowest BCUT2D eigenvalue weighted by Gasteiger charge is -2.05. The minimum absolute atomic E-state index is 0.158. The van der Waals surface area contributed by atoms with Gasteiger partial charge in [-0.25, -0.2) is 8.78 Å². The van der Waals surface area contributed by atoms with Crippen LogP contribution in [0.15, 0.2) is 12.1 Å². The van der Waals surface area contributed by atoms with Crippen molar-refractivity contribution in [3.8, 4) is 0 Å². The van der Waals surface area contributed by atoms with Crippen molar-refractivity contribution in [3.05, 3.63) is 29.3 Å². The topological polar surface area (TPSA) is 29.1 Å². The number of hydrogen-bond acceptors (Lipinski definition) is 1. The van der Waals surface area contributed by atoms with Crippen LogP contribution in [0.3, 0.4) is 0 Å². The Kier molecular flexibility index (Phi) is 1.40. The largest absolute Gasteiger partial charge is 0.323 e. The quantitative estimate of drug-likeness (QED) is 0.697. The smallest absolute Gasteiger partial charge is 0.235 e. The fourth-order valence-corrected chi connectivity index (χ4v) is 2.52. The van der Waals surface area contributed by atoms with E-state index in [0.717, 1.165) is 6.07 Å². The number of hydrogen-bond donors (Lipinski definition) is 1. The molecule has 2 aliphatic rings. The monoisotopic (exact) mass is 209 g/mol. The van der Waals surface area contributed by atoms with Crippen molar-refractivity contribution < 1.29 is 13.6 Å². The van der Waals surface area contributed by atoms with Crippen molar-refractivity contribution in [2.75, 3.05) is 5.32 Å². The summed E-state index contributed by atoms with van der Waals surface area (Å²) in [6, 6.07) is 2.06. The zero-order valence-corrected chi connectivity index (χ0v) is 8.10. The second-order valence-electron chi connectivity index (χ2n) is 4.34. The van der Waals surface area contributed by atoms with Crippen LogP contribution in [-0.4, -0.2) is 5.91 Å². The third kappa shape index (κ3) is 0.893. The molecule has 78 valence electrons. The van der Waals surface area contributed by atoms with Gasteiger partial charge in [0.2, 0.25) is 5.91 Å². The fraction of sp³-hybridized carbons (Fsp3) is 0.364. The molecule has 1 aromatic carbocycles. The number of carbonyl (C=O) groups excluding carboxylic acids is 1. The summed E-state index contributed by atoms with van der Waals surface area (Å²) in [5, 5.41) is 2.50. The molecule has 1 aromatic rings. The zero-order chi connectivity index (χ0) is 10.8. The summed E-state index contributed by atoms with van der Waals surface area (Å²) in [6.07, 6.45) is 0.675. The Morgan fingerprint density at radius 1 is 1.47 bits per heavy atom. The van der Waals surface area contributed by atoms with Crippen LogP contribution in [0.4, 0.5) is 14.5 Å². The van der Waals surface area contributed by atoms with Crippen LogP contribution in [0.25, 0.3) is 0 Å². The van der Waals surface area contributed by atoms with Gasteiger partial charge >= 0.3 is 0 Å². The molecule has 0 aromatic heterocycles. The van der Waals surface area contributed by atoms with Crippen LogP contribution in [0.2, 0.25) is 0 Å². The molecule has 0 radical (unpaired) electrons. The van der Waals surface area contributed by atoms with E-state index in [0.29, 0.717) is 12.0 Å². The molecule has 0 saturated heterocycles. The highest BCUT2D eigenvalue weighted by Crippen LogP contribution is 2.60. The number of rotatable bonds is 0. The number of amides is 1. The first-order chi connectivity index (χ1) is 7.05. The average molecular weight is 209 g/mol. The molecule has 2 atom stereocenters. The summed E-state index contributed by atoms with van der Waals surface area (Å²) < 4.78 is 26.4. The van der Waals surface area contributed by atoms with Gasteiger partial charge < -0.3 is 5.32 Å². The highest BCUT2D eigenvalue weighted by Gasteiger charge is 2.63. The van der Waals surface area contributed by atoms with E-state index in [1.54, 1.807) is 0 Å². The van der Waals surface area contributed by atoms with Crippen LogP contribution in [0.5, 0.6) is 0 Å². The molecule has 0 bridgehead atoms. The van der Waals surface area contributed by atoms with E-state index in [9.17, 15) is 13.6 Å². The predicted molar refractivity (Wildman–Crippen MR) is 50.4 cm³/mol. The Morgan fingerprint density at radius 2 is 2.13 bits per heavy atom. The third-order valence-corrected chi connectivity index (χ3v) is 3.49. The van der Waals surface area contributed by atoms with Gasteiger partial charge in [-0.1, -0.05) is 6.92 Å². The molecule has 1 aliphatic carbocycles. The van der Waals surface area contributed by atoms with E-state index < -0.39 is 17.0 Å². The van der Waals surface area contributed by atoms with Gasteiger partial charge in [-0.3, -0.25) is 4.79 Å². The first-order valence-corrected chi connectivity index (χ1v) is 4.86. The van der Waals surface area contributed by atoms with Crippen LogP contribution >= 0.6 is 0 Å². The molecule has 4 heteroatoms. The molecule has 1 fully saturated rings. The van der Waals surface area contributed by atoms with Gasteiger partial charge in [0, 0.05) is 6.07 Å². The van der Waals surface area contributed by atoms with Gasteiger partial charge in [-0.05, 0) is 24.0 Å². The molecule has 1 spiro atoms. The van der Waals surface area contributed by atoms with Crippen molar-refractivity contribution in [2.24, 2.45) is 5.92 Å². The Balaban J connectivity index is 2.26. The maximum atomic E-state index is 13.4. The fourth-order valence-electron chi connectivity index (χ4n) is 2.52. The van der Waals surface area contributed by atoms with E-state index in [2.05, 4.69) is 5.32 Å². The Hall–Kier alpha value is -1.45. The molecule has 2 nitrogen and oxygen atoms in total. The maximum Gasteiger partial charge on any atom is 0.235 e. The number of anilines is 1. The minimum Gasteiger partial charge on any atom is -0.323 e. The first kappa shape index (κ1) is 8.83.